The smallest absolute Gasteiger partial charge is 0.407 e. The molecule has 0 atom stereocenters. The van der Waals surface area contributed by atoms with Crippen LogP contribution in [0.15, 0.2) is 42.6 Å². The van der Waals surface area contributed by atoms with Crippen molar-refractivity contribution in [2.45, 2.75) is 65.1 Å². The van der Waals surface area contributed by atoms with E-state index in [9.17, 15) is 14.4 Å². The molecule has 0 radical (unpaired) electrons. The molecule has 10 heteroatoms. The van der Waals surface area contributed by atoms with Gasteiger partial charge in [0.2, 0.25) is 0 Å². The molecule has 10 nitrogen and oxygen atoms in total. The lowest BCUT2D eigenvalue weighted by molar-refractivity contribution is -0.119. The molecule has 0 aliphatic carbocycles. The lowest BCUT2D eigenvalue weighted by Gasteiger charge is -2.33. The molecule has 1 aliphatic rings. The Morgan fingerprint density at radius 3 is 2.50 bits per heavy atom. The normalized spacial score (nSPS) is 14.2. The number of alkyl carbamates (subject to hydrolysis) is 1. The van der Waals surface area contributed by atoms with Gasteiger partial charge in [-0.2, -0.15) is 0 Å². The van der Waals surface area contributed by atoms with Crippen LogP contribution in [0.2, 0.25) is 0 Å². The highest BCUT2D eigenvalue weighted by atomic mass is 16.6. The fraction of sp³-hybridized carbons (Fsp3) is 0.469. The number of aromatic nitrogens is 1. The summed E-state index contributed by atoms with van der Waals surface area (Å²) in [4.78, 5) is 39.3. The molecule has 3 aromatic rings. The summed E-state index contributed by atoms with van der Waals surface area (Å²) < 4.78 is 18.5. The van der Waals surface area contributed by atoms with Crippen molar-refractivity contribution in [2.24, 2.45) is 5.73 Å². The number of amides is 3. The van der Waals surface area contributed by atoms with Crippen LogP contribution in [0.5, 0.6) is 5.75 Å². The Labute approximate surface area is 247 Å². The molecule has 226 valence electrons. The number of carbonyl (C=O) groups is 3. The number of hydrogen-bond acceptors (Lipinski definition) is 6. The van der Waals surface area contributed by atoms with E-state index in [1.807, 2.05) is 56.1 Å². The van der Waals surface area contributed by atoms with Crippen molar-refractivity contribution >= 4 is 28.8 Å². The van der Waals surface area contributed by atoms with Crippen molar-refractivity contribution < 1.29 is 28.6 Å². The SMILES string of the molecule is COCCn1cc(C(=O)N2CCC(c3cc(CNC(=O)OC(C)(C)C)ccc3OCC(N)=O)CC2)c2cccc(C)c21. The van der Waals surface area contributed by atoms with Gasteiger partial charge >= 0.3 is 6.09 Å². The van der Waals surface area contributed by atoms with Crippen LogP contribution in [0.4, 0.5) is 4.79 Å². The summed E-state index contributed by atoms with van der Waals surface area (Å²) in [6, 6.07) is 11.7. The Balaban J connectivity index is 1.50. The Morgan fingerprint density at radius 1 is 1.10 bits per heavy atom. The van der Waals surface area contributed by atoms with Gasteiger partial charge in [0.1, 0.15) is 11.4 Å². The van der Waals surface area contributed by atoms with Crippen molar-refractivity contribution in [3.63, 3.8) is 0 Å². The predicted octanol–water partition coefficient (Wildman–Crippen LogP) is 4.50. The topological polar surface area (TPSA) is 125 Å². The molecule has 0 spiro atoms. The number of benzene rings is 2. The minimum atomic E-state index is -0.592. The number of piperidine rings is 1. The minimum Gasteiger partial charge on any atom is -0.483 e. The molecule has 0 unspecified atom stereocenters. The molecule has 1 aromatic heterocycles. The predicted molar refractivity (Wildman–Crippen MR) is 161 cm³/mol. The van der Waals surface area contributed by atoms with Gasteiger partial charge in [0, 0.05) is 44.9 Å². The summed E-state index contributed by atoms with van der Waals surface area (Å²) in [5, 5.41) is 3.74. The maximum Gasteiger partial charge on any atom is 0.407 e. The van der Waals surface area contributed by atoms with Crippen LogP contribution in [0.3, 0.4) is 0 Å². The number of methoxy groups -OCH3 is 1. The number of aryl methyl sites for hydroxylation is 1. The molecule has 0 saturated carbocycles. The summed E-state index contributed by atoms with van der Waals surface area (Å²) in [6.07, 6.45) is 2.90. The number of carbonyl (C=O) groups excluding carboxylic acids is 3. The van der Waals surface area contributed by atoms with E-state index in [1.54, 1.807) is 13.2 Å². The average Bonchev–Trinajstić information content (AvgIpc) is 3.32. The second kappa shape index (κ2) is 13.3. The van der Waals surface area contributed by atoms with Crippen LogP contribution in [0.25, 0.3) is 10.9 Å². The van der Waals surface area contributed by atoms with Crippen LogP contribution in [0.1, 0.15) is 66.6 Å². The van der Waals surface area contributed by atoms with Gasteiger partial charge in [-0.3, -0.25) is 9.59 Å². The first-order valence-corrected chi connectivity index (χ1v) is 14.3. The molecule has 2 aromatic carbocycles. The Hall–Kier alpha value is -4.05. The zero-order valence-electron chi connectivity index (χ0n) is 25.2. The summed E-state index contributed by atoms with van der Waals surface area (Å²) >= 11 is 0. The van der Waals surface area contributed by atoms with Crippen molar-refractivity contribution in [2.75, 3.05) is 33.4 Å². The van der Waals surface area contributed by atoms with Crippen LogP contribution in [0, 0.1) is 6.92 Å². The van der Waals surface area contributed by atoms with Gasteiger partial charge in [-0.1, -0.05) is 30.3 Å². The largest absolute Gasteiger partial charge is 0.483 e. The molecule has 1 saturated heterocycles. The van der Waals surface area contributed by atoms with Gasteiger partial charge in [-0.25, -0.2) is 4.79 Å². The second-order valence-corrected chi connectivity index (χ2v) is 11.7. The number of ether oxygens (including phenoxy) is 3. The molecule has 2 heterocycles. The fourth-order valence-corrected chi connectivity index (χ4v) is 5.44. The van der Waals surface area contributed by atoms with Gasteiger partial charge in [0.05, 0.1) is 17.7 Å². The Kier molecular flexibility index (Phi) is 9.78. The van der Waals surface area contributed by atoms with Gasteiger partial charge < -0.3 is 34.7 Å². The van der Waals surface area contributed by atoms with Crippen LogP contribution >= 0.6 is 0 Å². The zero-order chi connectivity index (χ0) is 30.4. The first kappa shape index (κ1) is 30.9. The Morgan fingerprint density at radius 2 is 1.83 bits per heavy atom. The molecule has 4 rings (SSSR count). The zero-order valence-corrected chi connectivity index (χ0v) is 25.2. The third kappa shape index (κ3) is 7.61. The molecular formula is C32H42N4O6. The van der Waals surface area contributed by atoms with E-state index >= 15 is 0 Å². The fourth-order valence-electron chi connectivity index (χ4n) is 5.44. The van der Waals surface area contributed by atoms with E-state index < -0.39 is 17.6 Å². The van der Waals surface area contributed by atoms with Crippen LogP contribution < -0.4 is 15.8 Å². The highest BCUT2D eigenvalue weighted by Crippen LogP contribution is 2.36. The van der Waals surface area contributed by atoms with E-state index in [4.69, 9.17) is 19.9 Å². The van der Waals surface area contributed by atoms with Crippen molar-refractivity contribution in [1.29, 1.82) is 0 Å². The molecule has 3 N–H and O–H groups in total. The van der Waals surface area contributed by atoms with Crippen LogP contribution in [-0.2, 0) is 27.4 Å². The van der Waals surface area contributed by atoms with Gasteiger partial charge in [-0.05, 0) is 69.2 Å². The molecule has 0 bridgehead atoms. The summed E-state index contributed by atoms with van der Waals surface area (Å²) in [7, 11) is 1.67. The number of nitrogens with two attached hydrogens (primary N) is 1. The average molecular weight is 579 g/mol. The first-order valence-electron chi connectivity index (χ1n) is 14.3. The monoisotopic (exact) mass is 578 g/mol. The highest BCUT2D eigenvalue weighted by Gasteiger charge is 2.29. The molecule has 42 heavy (non-hydrogen) atoms. The van der Waals surface area contributed by atoms with Gasteiger partial charge in [0.25, 0.3) is 11.8 Å². The van der Waals surface area contributed by atoms with Gasteiger partial charge in [-0.15, -0.1) is 0 Å². The quantitative estimate of drug-likeness (QED) is 0.365. The van der Waals surface area contributed by atoms with Crippen molar-refractivity contribution in [3.05, 3.63) is 64.8 Å². The van der Waals surface area contributed by atoms with E-state index in [2.05, 4.69) is 22.9 Å². The number of fused-ring (bicyclic) bond motifs is 1. The summed E-state index contributed by atoms with van der Waals surface area (Å²) in [6.45, 7) is 9.93. The second-order valence-electron chi connectivity index (χ2n) is 11.7. The number of rotatable bonds is 10. The number of nitrogens with one attached hydrogen (secondary N) is 1. The number of nitrogens with zero attached hydrogens (tertiary/aromatic N) is 2. The molecule has 3 amide bonds. The summed E-state index contributed by atoms with van der Waals surface area (Å²) in [5.41, 5.74) is 9.42. The molecular weight excluding hydrogens is 536 g/mol. The Bertz CT molecular complexity index is 1430. The number of primary amides is 1. The molecule has 1 fully saturated rings. The lowest BCUT2D eigenvalue weighted by atomic mass is 9.87. The van der Waals surface area contributed by atoms with Crippen molar-refractivity contribution in [3.8, 4) is 5.75 Å². The maximum atomic E-state index is 13.8. The van der Waals surface area contributed by atoms with E-state index in [0.717, 1.165) is 40.4 Å². The third-order valence-electron chi connectivity index (χ3n) is 7.37. The number of para-hydroxylation sites is 1. The standard InChI is InChI=1S/C32H42N4O6/c1-21-7-6-8-24-26(19-36(29(21)24)15-16-40-5)30(38)35-13-11-23(12-14-35)25-17-22(9-10-27(25)41-20-28(33)37)18-34-31(39)42-32(2,3)4/h6-10,17,19,23H,11-16,18,20H2,1-5H3,(H2,33,37)(H,34,39). The van der Waals surface area contributed by atoms with E-state index in [0.29, 0.717) is 37.6 Å². The third-order valence-corrected chi connectivity index (χ3v) is 7.37. The summed E-state index contributed by atoms with van der Waals surface area (Å²) in [5.74, 6) is 0.137. The maximum absolute atomic E-state index is 13.8. The first-order chi connectivity index (χ1) is 20.0. The number of likely N-dealkylation sites (tertiary alicyclic amines) is 1. The van der Waals surface area contributed by atoms with E-state index in [-0.39, 0.29) is 25.0 Å². The van der Waals surface area contributed by atoms with Crippen LogP contribution in [-0.4, -0.2) is 66.4 Å². The van der Waals surface area contributed by atoms with E-state index in [1.165, 1.54) is 0 Å². The van der Waals surface area contributed by atoms with Crippen molar-refractivity contribution in [1.82, 2.24) is 14.8 Å². The number of hydrogen-bond donors (Lipinski definition) is 2. The highest BCUT2D eigenvalue weighted by molar-refractivity contribution is 6.07. The molecule has 1 aliphatic heterocycles. The minimum absolute atomic E-state index is 0.0146. The van der Waals surface area contributed by atoms with Gasteiger partial charge in [0.15, 0.2) is 6.61 Å². The lowest BCUT2D eigenvalue weighted by Crippen LogP contribution is -2.38.